The Hall–Kier alpha value is -2.16. The highest BCUT2D eigenvalue weighted by atomic mass is 127. The van der Waals surface area contributed by atoms with Crippen molar-refractivity contribution in [2.45, 2.75) is 0 Å². The van der Waals surface area contributed by atoms with E-state index in [9.17, 15) is 9.90 Å². The second kappa shape index (κ2) is 7.02. The first-order valence-electron chi connectivity index (χ1n) is 5.91. The molecule has 0 aliphatic heterocycles. The lowest BCUT2D eigenvalue weighted by molar-refractivity contribution is 0.0955. The Morgan fingerprint density at radius 1 is 1.52 bits per heavy atom. The quantitative estimate of drug-likeness (QED) is 0.471. The second-order valence-electron chi connectivity index (χ2n) is 3.99. The molecule has 0 unspecified atom stereocenters. The van der Waals surface area contributed by atoms with Crippen LogP contribution < -0.4 is 10.2 Å². The first-order valence-corrected chi connectivity index (χ1v) is 6.99. The molecule has 0 aliphatic carbocycles. The van der Waals surface area contributed by atoms with E-state index in [1.54, 1.807) is 30.5 Å². The van der Waals surface area contributed by atoms with E-state index in [0.717, 1.165) is 0 Å². The van der Waals surface area contributed by atoms with E-state index in [-0.39, 0.29) is 11.7 Å². The smallest absolute Gasteiger partial charge is 0.272 e. The van der Waals surface area contributed by atoms with Crippen LogP contribution >= 0.6 is 22.6 Å². The molecule has 108 valence electrons. The molecule has 0 saturated carbocycles. The van der Waals surface area contributed by atoms with Crippen LogP contribution in [0.3, 0.4) is 0 Å². The number of aromatic hydroxyl groups is 1. The van der Waals surface area contributed by atoms with Crippen LogP contribution in [-0.2, 0) is 0 Å². The fourth-order valence-electron chi connectivity index (χ4n) is 1.55. The number of halogens is 1. The van der Waals surface area contributed by atoms with Crippen molar-refractivity contribution in [2.24, 2.45) is 5.10 Å². The van der Waals surface area contributed by atoms with Crippen molar-refractivity contribution in [1.82, 2.24) is 10.4 Å². The number of nitrogens with zero attached hydrogens (tertiary/aromatic N) is 2. The van der Waals surface area contributed by atoms with Crippen LogP contribution in [0.15, 0.2) is 41.8 Å². The zero-order valence-corrected chi connectivity index (χ0v) is 13.2. The molecule has 0 radical (unpaired) electrons. The van der Waals surface area contributed by atoms with Gasteiger partial charge >= 0.3 is 0 Å². The maximum absolute atomic E-state index is 11.7. The van der Waals surface area contributed by atoms with Crippen molar-refractivity contribution >= 4 is 34.7 Å². The highest BCUT2D eigenvalue weighted by Gasteiger charge is 2.07. The Morgan fingerprint density at radius 3 is 3.00 bits per heavy atom. The number of hydrogen-bond acceptors (Lipinski definition) is 5. The van der Waals surface area contributed by atoms with E-state index in [2.05, 4.69) is 15.5 Å². The normalized spacial score (nSPS) is 10.6. The number of phenolic OH excluding ortho intramolecular Hbond substituents is 1. The van der Waals surface area contributed by atoms with Gasteiger partial charge < -0.3 is 9.84 Å². The Morgan fingerprint density at radius 2 is 2.33 bits per heavy atom. The molecule has 0 aliphatic rings. The van der Waals surface area contributed by atoms with E-state index in [0.29, 0.717) is 20.4 Å². The Balaban J connectivity index is 2.08. The van der Waals surface area contributed by atoms with Gasteiger partial charge in [0.25, 0.3) is 5.91 Å². The van der Waals surface area contributed by atoms with Gasteiger partial charge in [-0.05, 0) is 52.4 Å². The molecule has 1 aromatic carbocycles. The Bertz CT molecular complexity index is 675. The molecule has 1 amide bonds. The van der Waals surface area contributed by atoms with Crippen molar-refractivity contribution in [1.29, 1.82) is 0 Å². The van der Waals surface area contributed by atoms with E-state index in [4.69, 9.17) is 4.74 Å². The number of hydrogen-bond donors (Lipinski definition) is 2. The average Bonchev–Trinajstić information content (AvgIpc) is 2.51. The summed E-state index contributed by atoms with van der Waals surface area (Å²) >= 11 is 1.99. The average molecular weight is 397 g/mol. The van der Waals surface area contributed by atoms with Gasteiger partial charge in [-0.1, -0.05) is 0 Å². The number of ether oxygens (including phenoxy) is 1. The van der Waals surface area contributed by atoms with Gasteiger partial charge in [0.1, 0.15) is 0 Å². The van der Waals surface area contributed by atoms with Gasteiger partial charge in [0.15, 0.2) is 11.5 Å². The third kappa shape index (κ3) is 3.91. The van der Waals surface area contributed by atoms with Crippen LogP contribution in [0.4, 0.5) is 0 Å². The first kappa shape index (κ1) is 15.2. The van der Waals surface area contributed by atoms with Gasteiger partial charge in [-0.2, -0.15) is 5.10 Å². The van der Waals surface area contributed by atoms with Crippen molar-refractivity contribution in [3.05, 3.63) is 51.4 Å². The summed E-state index contributed by atoms with van der Waals surface area (Å²) in [7, 11) is 1.47. The molecule has 21 heavy (non-hydrogen) atoms. The largest absolute Gasteiger partial charge is 0.504 e. The first-order chi connectivity index (χ1) is 10.1. The number of benzene rings is 1. The molecular weight excluding hydrogens is 385 g/mol. The van der Waals surface area contributed by atoms with Gasteiger partial charge in [0.05, 0.1) is 22.5 Å². The summed E-state index contributed by atoms with van der Waals surface area (Å²) in [5.41, 5.74) is 3.52. The number of rotatable bonds is 4. The van der Waals surface area contributed by atoms with Crippen molar-refractivity contribution in [2.75, 3.05) is 7.11 Å². The molecule has 2 aromatic rings. The molecular formula is C14H12IN3O3. The molecule has 1 heterocycles. The van der Waals surface area contributed by atoms with E-state index < -0.39 is 0 Å². The summed E-state index contributed by atoms with van der Waals surface area (Å²) in [5, 5.41) is 13.6. The van der Waals surface area contributed by atoms with Crippen LogP contribution in [0.1, 0.15) is 15.9 Å². The van der Waals surface area contributed by atoms with Gasteiger partial charge in [-0.3, -0.25) is 9.78 Å². The fourth-order valence-corrected chi connectivity index (χ4v) is 2.18. The van der Waals surface area contributed by atoms with Crippen LogP contribution in [-0.4, -0.2) is 29.3 Å². The van der Waals surface area contributed by atoms with Crippen LogP contribution in [0.2, 0.25) is 0 Å². The number of carbonyl (C=O) groups is 1. The van der Waals surface area contributed by atoms with Crippen LogP contribution in [0, 0.1) is 3.57 Å². The SMILES string of the molecule is COc1cc(/C=N/NC(=O)c2cccnc2)cc(I)c1O. The summed E-state index contributed by atoms with van der Waals surface area (Å²) < 4.78 is 5.68. The summed E-state index contributed by atoms with van der Waals surface area (Å²) in [6.07, 6.45) is 4.51. The van der Waals surface area contributed by atoms with E-state index >= 15 is 0 Å². The predicted octanol–water partition coefficient (Wildman–Crippen LogP) is 2.16. The third-order valence-electron chi connectivity index (χ3n) is 2.57. The molecule has 0 bridgehead atoms. The van der Waals surface area contributed by atoms with Gasteiger partial charge in [0, 0.05) is 12.4 Å². The van der Waals surface area contributed by atoms with Crippen molar-refractivity contribution in [3.8, 4) is 11.5 Å². The topological polar surface area (TPSA) is 83.8 Å². The summed E-state index contributed by atoms with van der Waals surface area (Å²) in [6.45, 7) is 0. The molecule has 2 rings (SSSR count). The van der Waals surface area contributed by atoms with Gasteiger partial charge in [0.2, 0.25) is 0 Å². The predicted molar refractivity (Wildman–Crippen MR) is 86.7 cm³/mol. The Kier molecular flexibility index (Phi) is 5.09. The molecule has 0 atom stereocenters. The maximum Gasteiger partial charge on any atom is 0.272 e. The molecule has 0 fully saturated rings. The number of phenols is 1. The number of amides is 1. The van der Waals surface area contributed by atoms with Crippen LogP contribution in [0.25, 0.3) is 0 Å². The molecule has 6 nitrogen and oxygen atoms in total. The lowest BCUT2D eigenvalue weighted by Crippen LogP contribution is -2.17. The molecule has 7 heteroatoms. The lowest BCUT2D eigenvalue weighted by Gasteiger charge is -2.06. The van der Waals surface area contributed by atoms with Crippen molar-refractivity contribution < 1.29 is 14.6 Å². The minimum atomic E-state index is -0.347. The Labute approximate surface area is 135 Å². The lowest BCUT2D eigenvalue weighted by atomic mass is 10.2. The minimum absolute atomic E-state index is 0.0784. The molecule has 0 spiro atoms. The van der Waals surface area contributed by atoms with E-state index in [1.165, 1.54) is 19.5 Å². The molecule has 2 N–H and O–H groups in total. The molecule has 1 aromatic heterocycles. The van der Waals surface area contributed by atoms with E-state index in [1.807, 2.05) is 22.6 Å². The van der Waals surface area contributed by atoms with Gasteiger partial charge in [-0.25, -0.2) is 5.43 Å². The van der Waals surface area contributed by atoms with Gasteiger partial charge in [-0.15, -0.1) is 0 Å². The number of pyridine rings is 1. The highest BCUT2D eigenvalue weighted by molar-refractivity contribution is 14.1. The number of carbonyl (C=O) groups excluding carboxylic acids is 1. The number of hydrazone groups is 1. The molecule has 0 saturated heterocycles. The second-order valence-corrected chi connectivity index (χ2v) is 5.16. The highest BCUT2D eigenvalue weighted by Crippen LogP contribution is 2.31. The summed E-state index contributed by atoms with van der Waals surface area (Å²) in [6, 6.07) is 6.66. The standard InChI is InChI=1S/C14H12IN3O3/c1-21-12-6-9(5-11(15)13(12)19)7-17-18-14(20)10-3-2-4-16-8-10/h2-8,19H,1H3,(H,18,20)/b17-7+. The summed E-state index contributed by atoms with van der Waals surface area (Å²) in [4.78, 5) is 15.6. The van der Waals surface area contributed by atoms with Crippen molar-refractivity contribution in [3.63, 3.8) is 0 Å². The zero-order valence-electron chi connectivity index (χ0n) is 11.1. The number of nitrogens with one attached hydrogen (secondary N) is 1. The number of methoxy groups -OCH3 is 1. The monoisotopic (exact) mass is 397 g/mol. The number of aromatic nitrogens is 1. The third-order valence-corrected chi connectivity index (χ3v) is 3.40. The van der Waals surface area contributed by atoms with Crippen LogP contribution in [0.5, 0.6) is 11.5 Å². The maximum atomic E-state index is 11.7. The minimum Gasteiger partial charge on any atom is -0.504 e. The zero-order chi connectivity index (χ0) is 15.2. The summed E-state index contributed by atoms with van der Waals surface area (Å²) in [5.74, 6) is 0.0800. The fraction of sp³-hybridized carbons (Fsp3) is 0.0714.